The van der Waals surface area contributed by atoms with Crippen molar-refractivity contribution in [2.45, 2.75) is 25.8 Å². The maximum absolute atomic E-state index is 11.5. The number of nitrogens with two attached hydrogens (primary N) is 1. The van der Waals surface area contributed by atoms with Gasteiger partial charge in [-0.25, -0.2) is 0 Å². The fourth-order valence-corrected chi connectivity index (χ4v) is 1.58. The van der Waals surface area contributed by atoms with E-state index in [9.17, 15) is 4.39 Å². The van der Waals surface area contributed by atoms with Crippen molar-refractivity contribution in [3.05, 3.63) is 0 Å². The molecule has 0 radical (unpaired) electrons. The highest BCUT2D eigenvalue weighted by molar-refractivity contribution is 7.99. The van der Waals surface area contributed by atoms with Crippen LogP contribution in [0.5, 0.6) is 0 Å². The van der Waals surface area contributed by atoms with Crippen molar-refractivity contribution in [3.63, 3.8) is 0 Å². The molecule has 10 heavy (non-hydrogen) atoms. The zero-order valence-corrected chi connectivity index (χ0v) is 7.29. The summed E-state index contributed by atoms with van der Waals surface area (Å²) < 4.78 is 11.5. The van der Waals surface area contributed by atoms with Gasteiger partial charge in [0.15, 0.2) is 0 Å². The molecule has 0 aliphatic carbocycles. The molecule has 0 amide bonds. The van der Waals surface area contributed by atoms with Gasteiger partial charge in [-0.1, -0.05) is 0 Å². The summed E-state index contributed by atoms with van der Waals surface area (Å²) in [6.45, 7) is 1.81. The topological polar surface area (TPSA) is 26.0 Å². The Morgan fingerprint density at radius 2 is 2.20 bits per heavy atom. The number of hydrogen-bond acceptors (Lipinski definition) is 2. The average Bonchev–Trinajstić information content (AvgIpc) is 1.87. The second kappa shape index (κ2) is 7.35. The second-order valence-electron chi connectivity index (χ2n) is 2.42. The van der Waals surface area contributed by atoms with Gasteiger partial charge in [0.2, 0.25) is 0 Å². The minimum Gasteiger partial charge on any atom is -0.328 e. The molecule has 2 N–H and O–H groups in total. The SMILES string of the molecule is CC(N)CCSCCCF. The van der Waals surface area contributed by atoms with Crippen molar-refractivity contribution in [3.8, 4) is 0 Å². The highest BCUT2D eigenvalue weighted by atomic mass is 32.2. The molecule has 0 fully saturated rings. The molecule has 0 rings (SSSR count). The van der Waals surface area contributed by atoms with Crippen molar-refractivity contribution in [2.75, 3.05) is 18.2 Å². The van der Waals surface area contributed by atoms with Crippen LogP contribution >= 0.6 is 11.8 Å². The Balaban J connectivity index is 2.77. The zero-order valence-electron chi connectivity index (χ0n) is 6.48. The maximum atomic E-state index is 11.5. The summed E-state index contributed by atoms with van der Waals surface area (Å²) in [4.78, 5) is 0. The summed E-state index contributed by atoms with van der Waals surface area (Å²) in [7, 11) is 0. The molecule has 1 unspecified atom stereocenters. The van der Waals surface area contributed by atoms with Gasteiger partial charge in [-0.05, 0) is 31.3 Å². The van der Waals surface area contributed by atoms with Crippen LogP contribution in [0.2, 0.25) is 0 Å². The first kappa shape index (κ1) is 10.2. The van der Waals surface area contributed by atoms with E-state index in [1.807, 2.05) is 6.92 Å². The van der Waals surface area contributed by atoms with Gasteiger partial charge >= 0.3 is 0 Å². The summed E-state index contributed by atoms with van der Waals surface area (Å²) in [5, 5.41) is 0. The number of thioether (sulfide) groups is 1. The third-order valence-corrected chi connectivity index (χ3v) is 2.24. The molecule has 62 valence electrons. The maximum Gasteiger partial charge on any atom is 0.0902 e. The third kappa shape index (κ3) is 8.24. The minimum atomic E-state index is -0.189. The van der Waals surface area contributed by atoms with Crippen molar-refractivity contribution < 1.29 is 4.39 Å². The molecule has 3 heteroatoms. The van der Waals surface area contributed by atoms with Crippen molar-refractivity contribution in [1.82, 2.24) is 0 Å². The molecule has 1 atom stereocenters. The predicted molar refractivity (Wildman–Crippen MR) is 46.2 cm³/mol. The predicted octanol–water partition coefficient (Wildman–Crippen LogP) is 1.82. The van der Waals surface area contributed by atoms with Crippen LogP contribution in [0.4, 0.5) is 4.39 Å². The van der Waals surface area contributed by atoms with Gasteiger partial charge in [0, 0.05) is 6.04 Å². The zero-order chi connectivity index (χ0) is 7.82. The molecule has 0 saturated heterocycles. The molecule has 0 spiro atoms. The van der Waals surface area contributed by atoms with Crippen LogP contribution in [0.1, 0.15) is 19.8 Å². The van der Waals surface area contributed by atoms with E-state index in [2.05, 4.69) is 0 Å². The normalized spacial score (nSPS) is 13.5. The van der Waals surface area contributed by atoms with Crippen LogP contribution in [-0.2, 0) is 0 Å². The first-order valence-corrected chi connectivity index (χ1v) is 4.82. The summed E-state index contributed by atoms with van der Waals surface area (Å²) in [5.41, 5.74) is 5.52. The quantitative estimate of drug-likeness (QED) is 0.607. The molecular weight excluding hydrogens is 149 g/mol. The molecule has 0 aromatic heterocycles. The minimum absolute atomic E-state index is 0.189. The van der Waals surface area contributed by atoms with E-state index >= 15 is 0 Å². The molecule has 0 heterocycles. The largest absolute Gasteiger partial charge is 0.328 e. The van der Waals surface area contributed by atoms with Crippen LogP contribution in [0.25, 0.3) is 0 Å². The smallest absolute Gasteiger partial charge is 0.0902 e. The van der Waals surface area contributed by atoms with E-state index in [-0.39, 0.29) is 12.7 Å². The first-order valence-electron chi connectivity index (χ1n) is 3.66. The lowest BCUT2D eigenvalue weighted by atomic mass is 10.3. The standard InChI is InChI=1S/C7H16FNS/c1-7(9)3-6-10-5-2-4-8/h7H,2-6,9H2,1H3. The third-order valence-electron chi connectivity index (χ3n) is 1.14. The van der Waals surface area contributed by atoms with Crippen molar-refractivity contribution in [1.29, 1.82) is 0 Å². The summed E-state index contributed by atoms with van der Waals surface area (Å²) in [5.74, 6) is 2.00. The van der Waals surface area contributed by atoms with E-state index in [0.717, 1.165) is 17.9 Å². The Labute approximate surface area is 66.6 Å². The van der Waals surface area contributed by atoms with Crippen LogP contribution in [0, 0.1) is 0 Å². The summed E-state index contributed by atoms with van der Waals surface area (Å²) in [6, 6.07) is 0.290. The highest BCUT2D eigenvalue weighted by Crippen LogP contribution is 2.05. The number of alkyl halides is 1. The van der Waals surface area contributed by atoms with Gasteiger partial charge < -0.3 is 5.73 Å². The highest BCUT2D eigenvalue weighted by Gasteiger charge is 1.93. The monoisotopic (exact) mass is 165 g/mol. The molecule has 0 bridgehead atoms. The van der Waals surface area contributed by atoms with Gasteiger partial charge in [-0.15, -0.1) is 0 Å². The molecular formula is C7H16FNS. The van der Waals surface area contributed by atoms with Crippen molar-refractivity contribution in [2.24, 2.45) is 5.73 Å². The second-order valence-corrected chi connectivity index (χ2v) is 3.65. The van der Waals surface area contributed by atoms with Crippen LogP contribution in [0.3, 0.4) is 0 Å². The van der Waals surface area contributed by atoms with Crippen LogP contribution < -0.4 is 5.73 Å². The summed E-state index contributed by atoms with van der Waals surface area (Å²) >= 11 is 1.79. The van der Waals surface area contributed by atoms with Crippen LogP contribution in [0.15, 0.2) is 0 Å². The Hall–Kier alpha value is 0.240. The Morgan fingerprint density at radius 3 is 2.70 bits per heavy atom. The average molecular weight is 165 g/mol. The van der Waals surface area contributed by atoms with Gasteiger partial charge in [0.05, 0.1) is 6.67 Å². The number of rotatable bonds is 6. The van der Waals surface area contributed by atoms with E-state index in [1.165, 1.54) is 0 Å². The van der Waals surface area contributed by atoms with Gasteiger partial charge in [-0.2, -0.15) is 11.8 Å². The fourth-order valence-electron chi connectivity index (χ4n) is 0.528. The first-order chi connectivity index (χ1) is 4.77. The molecule has 0 aliphatic rings. The number of halogens is 1. The number of hydrogen-bond donors (Lipinski definition) is 1. The van der Waals surface area contributed by atoms with Crippen LogP contribution in [-0.4, -0.2) is 24.2 Å². The van der Waals surface area contributed by atoms with Crippen molar-refractivity contribution >= 4 is 11.8 Å². The Morgan fingerprint density at radius 1 is 1.50 bits per heavy atom. The van der Waals surface area contributed by atoms with E-state index in [4.69, 9.17) is 5.73 Å². The lowest BCUT2D eigenvalue weighted by Gasteiger charge is -2.02. The molecule has 1 nitrogen and oxygen atoms in total. The van der Waals surface area contributed by atoms with Gasteiger partial charge in [-0.3, -0.25) is 4.39 Å². The fraction of sp³-hybridized carbons (Fsp3) is 1.00. The molecule has 0 aliphatic heterocycles. The van der Waals surface area contributed by atoms with E-state index in [1.54, 1.807) is 11.8 Å². The van der Waals surface area contributed by atoms with Gasteiger partial charge in [0.25, 0.3) is 0 Å². The van der Waals surface area contributed by atoms with E-state index in [0.29, 0.717) is 6.42 Å². The Bertz CT molecular complexity index is 68.6. The lowest BCUT2D eigenvalue weighted by molar-refractivity contribution is 0.489. The van der Waals surface area contributed by atoms with Gasteiger partial charge in [0.1, 0.15) is 0 Å². The molecule has 0 aromatic rings. The lowest BCUT2D eigenvalue weighted by Crippen LogP contribution is -2.15. The molecule has 0 saturated carbocycles. The summed E-state index contributed by atoms with van der Waals surface area (Å²) in [6.07, 6.45) is 1.72. The Kier molecular flexibility index (Phi) is 7.52. The molecule has 0 aromatic carbocycles. The van der Waals surface area contributed by atoms with E-state index < -0.39 is 0 Å².